The summed E-state index contributed by atoms with van der Waals surface area (Å²) in [7, 11) is 0. The number of hydrogen-bond acceptors (Lipinski definition) is 5. The van der Waals surface area contributed by atoms with E-state index in [2.05, 4.69) is 41.3 Å². The Morgan fingerprint density at radius 1 is 0.515 bits per heavy atom. The molecule has 5 heteroatoms. The van der Waals surface area contributed by atoms with Crippen LogP contribution in [0.25, 0.3) is 11.1 Å². The number of rotatable bonds is 8. The maximum atomic E-state index is 9.46. The lowest BCUT2D eigenvalue weighted by Crippen LogP contribution is -2.11. The summed E-state index contributed by atoms with van der Waals surface area (Å²) in [4.78, 5) is 2.16. The average Bonchev–Trinajstić information content (AvgIpc) is 2.81. The number of anilines is 3. The fraction of sp³-hybridized carbons (Fsp3) is 0.143. The number of benzene rings is 4. The van der Waals surface area contributed by atoms with Crippen LogP contribution in [0.5, 0.6) is 11.5 Å². The van der Waals surface area contributed by atoms with Crippen molar-refractivity contribution in [1.29, 1.82) is 0 Å². The fourth-order valence-corrected chi connectivity index (χ4v) is 3.62. The molecule has 0 aliphatic heterocycles. The fourth-order valence-electron chi connectivity index (χ4n) is 3.62. The number of ether oxygens (including phenoxy) is 2. The second-order valence-corrected chi connectivity index (χ2v) is 7.67. The van der Waals surface area contributed by atoms with Gasteiger partial charge >= 0.3 is 0 Å². The van der Waals surface area contributed by atoms with E-state index in [4.69, 9.17) is 9.47 Å². The molecule has 0 aromatic heterocycles. The molecule has 0 fully saturated rings. The third-order valence-corrected chi connectivity index (χ3v) is 5.04. The lowest BCUT2D eigenvalue weighted by molar-refractivity contribution is -0.000869. The average molecular weight is 442 g/mol. The molecule has 2 N–H and O–H groups in total. The molecule has 168 valence electrons. The topological polar surface area (TPSA) is 62.2 Å². The predicted molar refractivity (Wildman–Crippen MR) is 131 cm³/mol. The summed E-state index contributed by atoms with van der Waals surface area (Å²) in [5, 5.41) is 18.8. The van der Waals surface area contributed by atoms with E-state index in [-0.39, 0.29) is 0 Å². The number of aliphatic hydroxyl groups excluding tert-OH is 2. The SMILES string of the molecule is CC(O)Oc1ccc(-c2ccc(N(c3ccccc3)c3ccc(OC(C)O)cc3)cc2)cc1. The lowest BCUT2D eigenvalue weighted by atomic mass is 10.0. The van der Waals surface area contributed by atoms with Crippen molar-refractivity contribution in [2.24, 2.45) is 0 Å². The first kappa shape index (κ1) is 22.4. The minimum absolute atomic E-state index is 0.611. The first-order valence-electron chi connectivity index (χ1n) is 10.8. The van der Waals surface area contributed by atoms with Gasteiger partial charge in [-0.15, -0.1) is 0 Å². The summed E-state index contributed by atoms with van der Waals surface area (Å²) in [6, 6.07) is 33.8. The standard InChI is InChI=1S/C28H27NO4/c1-20(30)32-27-16-10-23(11-17-27)22-8-12-25(13-9-22)29(24-6-4-3-5-7-24)26-14-18-28(19-15-26)33-21(2)31/h3-21,30-31H,1-2H3. The van der Waals surface area contributed by atoms with Gasteiger partial charge < -0.3 is 24.6 Å². The summed E-state index contributed by atoms with van der Waals surface area (Å²) in [6.07, 6.45) is -1.70. The molecule has 0 aliphatic carbocycles. The minimum atomic E-state index is -0.860. The minimum Gasteiger partial charge on any atom is -0.465 e. The van der Waals surface area contributed by atoms with Gasteiger partial charge in [-0.25, -0.2) is 0 Å². The van der Waals surface area contributed by atoms with Crippen molar-refractivity contribution in [3.8, 4) is 22.6 Å². The Morgan fingerprint density at radius 2 is 0.879 bits per heavy atom. The number of hydrogen-bond donors (Lipinski definition) is 2. The van der Waals surface area contributed by atoms with Gasteiger partial charge in [-0.05, 0) is 85.6 Å². The van der Waals surface area contributed by atoms with E-state index < -0.39 is 12.6 Å². The number of aliphatic hydroxyl groups is 2. The van der Waals surface area contributed by atoms with Crippen LogP contribution in [-0.2, 0) is 0 Å². The Kier molecular flexibility index (Phi) is 6.93. The van der Waals surface area contributed by atoms with Crippen LogP contribution in [0.3, 0.4) is 0 Å². The molecule has 33 heavy (non-hydrogen) atoms. The Morgan fingerprint density at radius 3 is 1.33 bits per heavy atom. The van der Waals surface area contributed by atoms with Crippen molar-refractivity contribution >= 4 is 17.1 Å². The second kappa shape index (κ2) is 10.2. The van der Waals surface area contributed by atoms with Crippen LogP contribution in [0.2, 0.25) is 0 Å². The Bertz CT molecular complexity index is 1140. The van der Waals surface area contributed by atoms with E-state index in [1.165, 1.54) is 0 Å². The molecule has 0 amide bonds. The monoisotopic (exact) mass is 441 g/mol. The van der Waals surface area contributed by atoms with Gasteiger partial charge in [0.05, 0.1) is 0 Å². The highest BCUT2D eigenvalue weighted by Gasteiger charge is 2.13. The molecule has 0 heterocycles. The van der Waals surface area contributed by atoms with Gasteiger partial charge in [-0.3, -0.25) is 0 Å². The first-order valence-corrected chi connectivity index (χ1v) is 10.8. The van der Waals surface area contributed by atoms with Gasteiger partial charge in [0.15, 0.2) is 12.6 Å². The molecule has 4 aromatic carbocycles. The summed E-state index contributed by atoms with van der Waals surface area (Å²) in [5.41, 5.74) is 5.17. The molecule has 0 radical (unpaired) electrons. The zero-order valence-corrected chi connectivity index (χ0v) is 18.6. The van der Waals surface area contributed by atoms with Crippen LogP contribution in [0.15, 0.2) is 103 Å². The molecule has 0 spiro atoms. The van der Waals surface area contributed by atoms with Gasteiger partial charge in [-0.2, -0.15) is 0 Å². The quantitative estimate of drug-likeness (QED) is 0.316. The largest absolute Gasteiger partial charge is 0.465 e. The number of nitrogens with zero attached hydrogens (tertiary/aromatic N) is 1. The van der Waals surface area contributed by atoms with E-state index in [1.807, 2.05) is 66.7 Å². The molecular formula is C28H27NO4. The van der Waals surface area contributed by atoms with Gasteiger partial charge in [0, 0.05) is 17.1 Å². The smallest absolute Gasteiger partial charge is 0.194 e. The van der Waals surface area contributed by atoms with Crippen molar-refractivity contribution in [2.45, 2.75) is 26.4 Å². The highest BCUT2D eigenvalue weighted by atomic mass is 16.6. The van der Waals surface area contributed by atoms with Crippen LogP contribution < -0.4 is 14.4 Å². The highest BCUT2D eigenvalue weighted by molar-refractivity contribution is 5.78. The van der Waals surface area contributed by atoms with Crippen molar-refractivity contribution in [2.75, 3.05) is 4.90 Å². The van der Waals surface area contributed by atoms with Gasteiger partial charge in [-0.1, -0.05) is 42.5 Å². The first-order chi connectivity index (χ1) is 16.0. The zero-order valence-electron chi connectivity index (χ0n) is 18.6. The number of para-hydroxylation sites is 1. The molecule has 5 nitrogen and oxygen atoms in total. The van der Waals surface area contributed by atoms with E-state index in [0.717, 1.165) is 28.2 Å². The summed E-state index contributed by atoms with van der Waals surface area (Å²) in [6.45, 7) is 3.16. The Labute approximate surface area is 194 Å². The maximum absolute atomic E-state index is 9.46. The van der Waals surface area contributed by atoms with E-state index >= 15 is 0 Å². The van der Waals surface area contributed by atoms with Crippen LogP contribution in [0.1, 0.15) is 13.8 Å². The highest BCUT2D eigenvalue weighted by Crippen LogP contribution is 2.36. The van der Waals surface area contributed by atoms with Crippen molar-refractivity contribution < 1.29 is 19.7 Å². The molecule has 0 saturated carbocycles. The maximum Gasteiger partial charge on any atom is 0.194 e. The molecular weight excluding hydrogens is 414 g/mol. The van der Waals surface area contributed by atoms with E-state index in [1.54, 1.807) is 13.8 Å². The molecule has 0 saturated heterocycles. The lowest BCUT2D eigenvalue weighted by Gasteiger charge is -2.26. The molecule has 0 bridgehead atoms. The van der Waals surface area contributed by atoms with Gasteiger partial charge in [0.1, 0.15) is 11.5 Å². The van der Waals surface area contributed by atoms with Gasteiger partial charge in [0.2, 0.25) is 0 Å². The van der Waals surface area contributed by atoms with E-state index in [0.29, 0.717) is 11.5 Å². The molecule has 0 aliphatic rings. The molecule has 4 rings (SSSR count). The Balaban J connectivity index is 1.63. The van der Waals surface area contributed by atoms with Crippen LogP contribution in [0, 0.1) is 0 Å². The predicted octanol–water partition coefficient (Wildman–Crippen LogP) is 6.26. The summed E-state index contributed by atoms with van der Waals surface area (Å²) >= 11 is 0. The third-order valence-electron chi connectivity index (χ3n) is 5.04. The van der Waals surface area contributed by atoms with Crippen LogP contribution >= 0.6 is 0 Å². The Hall–Kier alpha value is -3.80. The second-order valence-electron chi connectivity index (χ2n) is 7.67. The van der Waals surface area contributed by atoms with E-state index in [9.17, 15) is 10.2 Å². The molecule has 2 atom stereocenters. The summed E-state index contributed by atoms with van der Waals surface area (Å²) < 4.78 is 10.7. The zero-order chi connectivity index (χ0) is 23.2. The van der Waals surface area contributed by atoms with Crippen LogP contribution in [0.4, 0.5) is 17.1 Å². The van der Waals surface area contributed by atoms with Crippen molar-refractivity contribution in [3.63, 3.8) is 0 Å². The summed E-state index contributed by atoms with van der Waals surface area (Å²) in [5.74, 6) is 1.24. The third kappa shape index (κ3) is 5.71. The normalized spacial score (nSPS) is 12.6. The molecule has 4 aromatic rings. The van der Waals surface area contributed by atoms with Crippen molar-refractivity contribution in [1.82, 2.24) is 0 Å². The van der Waals surface area contributed by atoms with Gasteiger partial charge in [0.25, 0.3) is 0 Å². The van der Waals surface area contributed by atoms with Crippen LogP contribution in [-0.4, -0.2) is 22.8 Å². The van der Waals surface area contributed by atoms with Crippen molar-refractivity contribution in [3.05, 3.63) is 103 Å². The molecule has 2 unspecified atom stereocenters.